The molecule has 4 heteroatoms. The molecule has 1 saturated heterocycles. The van der Waals surface area contributed by atoms with Crippen LogP contribution in [-0.4, -0.2) is 42.8 Å². The molecule has 1 aromatic heterocycles. The molecule has 0 radical (unpaired) electrons. The topological polar surface area (TPSA) is 26.6 Å². The van der Waals surface area contributed by atoms with Crippen LogP contribution in [-0.2, 0) is 6.54 Å². The van der Waals surface area contributed by atoms with E-state index in [2.05, 4.69) is 94.5 Å². The molecule has 1 atom stereocenters. The zero-order valence-electron chi connectivity index (χ0n) is 21.9. The molecule has 0 aliphatic carbocycles. The predicted molar refractivity (Wildman–Crippen MR) is 151 cm³/mol. The second-order valence-electron chi connectivity index (χ2n) is 9.93. The van der Waals surface area contributed by atoms with Gasteiger partial charge in [0.05, 0.1) is 7.11 Å². The smallest absolute Gasteiger partial charge is 0.119 e. The van der Waals surface area contributed by atoms with Gasteiger partial charge in [0, 0.05) is 30.9 Å². The molecule has 5 rings (SSSR count). The summed E-state index contributed by atoms with van der Waals surface area (Å²) in [5.74, 6) is 1.91. The number of rotatable bonds is 10. The number of aromatic nitrogens is 1. The summed E-state index contributed by atoms with van der Waals surface area (Å²) in [7, 11) is 1.71. The van der Waals surface area contributed by atoms with Crippen LogP contribution in [0.3, 0.4) is 0 Å². The minimum absolute atomic E-state index is 0.107. The van der Waals surface area contributed by atoms with E-state index in [0.717, 1.165) is 31.2 Å². The van der Waals surface area contributed by atoms with Crippen LogP contribution in [0.1, 0.15) is 54.0 Å². The lowest BCUT2D eigenvalue weighted by Crippen LogP contribution is -2.29. The minimum atomic E-state index is 0.107. The van der Waals surface area contributed by atoms with Crippen molar-refractivity contribution in [3.63, 3.8) is 0 Å². The van der Waals surface area contributed by atoms with Crippen LogP contribution in [0.2, 0.25) is 0 Å². The Morgan fingerprint density at radius 3 is 2.00 bits per heavy atom. The maximum Gasteiger partial charge on any atom is 0.119 e. The second kappa shape index (κ2) is 12.6. The molecule has 3 aromatic carbocycles. The molecule has 37 heavy (non-hydrogen) atoms. The van der Waals surface area contributed by atoms with E-state index in [1.165, 1.54) is 61.2 Å². The Kier molecular flexibility index (Phi) is 8.60. The number of ether oxygens (including phenoxy) is 2. The fraction of sp³-hybridized carbons (Fsp3) is 0.333. The van der Waals surface area contributed by atoms with Crippen molar-refractivity contribution in [1.29, 1.82) is 0 Å². The van der Waals surface area contributed by atoms with Gasteiger partial charge in [-0.1, -0.05) is 67.4 Å². The number of hydrogen-bond acceptors (Lipinski definition) is 3. The quantitative estimate of drug-likeness (QED) is 0.238. The first kappa shape index (κ1) is 25.2. The predicted octanol–water partition coefficient (Wildman–Crippen LogP) is 6.98. The molecule has 0 saturated carbocycles. The highest BCUT2D eigenvalue weighted by atomic mass is 16.5. The summed E-state index contributed by atoms with van der Waals surface area (Å²) in [4.78, 5) is 2.54. The summed E-state index contributed by atoms with van der Waals surface area (Å²) < 4.78 is 13.9. The fourth-order valence-electron chi connectivity index (χ4n) is 5.35. The molecular formula is C33H38N2O2. The molecule has 0 bridgehead atoms. The average Bonchev–Trinajstić information content (AvgIpc) is 3.22. The molecular weight excluding hydrogens is 456 g/mol. The SMILES string of the molecule is COc1ccc(C(c2ccc(OCCN3CCCCCC3)cc2)c2cccn2Cc2ccccc2)cc1. The third kappa shape index (κ3) is 6.64. The van der Waals surface area contributed by atoms with Crippen LogP contribution >= 0.6 is 0 Å². The van der Waals surface area contributed by atoms with E-state index in [9.17, 15) is 0 Å². The van der Waals surface area contributed by atoms with Gasteiger partial charge >= 0.3 is 0 Å². The third-order valence-electron chi connectivity index (χ3n) is 7.39. The summed E-state index contributed by atoms with van der Waals surface area (Å²) in [6.07, 6.45) is 7.53. The average molecular weight is 495 g/mol. The summed E-state index contributed by atoms with van der Waals surface area (Å²) in [5.41, 5.74) is 5.05. The summed E-state index contributed by atoms with van der Waals surface area (Å²) >= 11 is 0. The van der Waals surface area contributed by atoms with Gasteiger partial charge < -0.3 is 14.0 Å². The molecule has 4 aromatic rings. The fourth-order valence-corrected chi connectivity index (χ4v) is 5.35. The van der Waals surface area contributed by atoms with Crippen molar-refractivity contribution < 1.29 is 9.47 Å². The van der Waals surface area contributed by atoms with Gasteiger partial charge in [-0.3, -0.25) is 4.90 Å². The zero-order chi connectivity index (χ0) is 25.3. The normalized spacial score (nSPS) is 15.2. The van der Waals surface area contributed by atoms with E-state index >= 15 is 0 Å². The van der Waals surface area contributed by atoms with E-state index in [-0.39, 0.29) is 5.92 Å². The van der Waals surface area contributed by atoms with Crippen LogP contribution in [0.25, 0.3) is 0 Å². The molecule has 1 fully saturated rings. The zero-order valence-corrected chi connectivity index (χ0v) is 21.9. The summed E-state index contributed by atoms with van der Waals surface area (Å²) in [6.45, 7) is 4.99. The Balaban J connectivity index is 1.35. The number of methoxy groups -OCH3 is 1. The summed E-state index contributed by atoms with van der Waals surface area (Å²) in [5, 5.41) is 0. The van der Waals surface area contributed by atoms with Gasteiger partial charge in [-0.2, -0.15) is 0 Å². The lowest BCUT2D eigenvalue weighted by molar-refractivity contribution is 0.214. The van der Waals surface area contributed by atoms with Crippen molar-refractivity contribution in [2.45, 2.75) is 38.1 Å². The first-order valence-electron chi connectivity index (χ1n) is 13.6. The van der Waals surface area contributed by atoms with Crippen molar-refractivity contribution in [1.82, 2.24) is 9.47 Å². The van der Waals surface area contributed by atoms with Crippen LogP contribution < -0.4 is 9.47 Å². The Bertz CT molecular complexity index is 1210. The lowest BCUT2D eigenvalue weighted by atomic mass is 9.88. The van der Waals surface area contributed by atoms with Crippen molar-refractivity contribution in [3.05, 3.63) is 120 Å². The van der Waals surface area contributed by atoms with Gasteiger partial charge in [0.25, 0.3) is 0 Å². The third-order valence-corrected chi connectivity index (χ3v) is 7.39. The summed E-state index contributed by atoms with van der Waals surface area (Å²) in [6, 6.07) is 32.2. The van der Waals surface area contributed by atoms with Crippen LogP contribution in [0, 0.1) is 0 Å². The maximum atomic E-state index is 6.15. The molecule has 0 N–H and O–H groups in total. The molecule has 1 aliphatic heterocycles. The highest BCUT2D eigenvalue weighted by Crippen LogP contribution is 2.34. The molecule has 0 amide bonds. The molecule has 1 unspecified atom stereocenters. The standard InChI is InChI=1S/C33H38N2O2/c1-36-30-17-13-28(14-18-30)33(32-12-9-23-35(32)26-27-10-5-4-6-11-27)29-15-19-31(20-16-29)37-25-24-34-21-7-2-3-8-22-34/h4-6,9-20,23,33H,2-3,7-8,21-22,24-26H2,1H3. The Labute approximate surface area is 221 Å². The van der Waals surface area contributed by atoms with Crippen LogP contribution in [0.4, 0.5) is 0 Å². The minimum Gasteiger partial charge on any atom is -0.497 e. The van der Waals surface area contributed by atoms with E-state index in [1.54, 1.807) is 7.11 Å². The molecule has 0 spiro atoms. The van der Waals surface area contributed by atoms with Crippen LogP contribution in [0.15, 0.2) is 97.2 Å². The van der Waals surface area contributed by atoms with Crippen molar-refractivity contribution >= 4 is 0 Å². The van der Waals surface area contributed by atoms with E-state index in [4.69, 9.17) is 9.47 Å². The highest BCUT2D eigenvalue weighted by Gasteiger charge is 2.20. The molecule has 2 heterocycles. The number of benzene rings is 3. The van der Waals surface area contributed by atoms with Gasteiger partial charge in [-0.05, 0) is 79.0 Å². The Hall–Kier alpha value is -3.50. The second-order valence-corrected chi connectivity index (χ2v) is 9.93. The van der Waals surface area contributed by atoms with Crippen LogP contribution in [0.5, 0.6) is 11.5 Å². The molecule has 1 aliphatic rings. The Morgan fingerprint density at radius 1 is 0.703 bits per heavy atom. The monoisotopic (exact) mass is 494 g/mol. The first-order valence-corrected chi connectivity index (χ1v) is 13.6. The Morgan fingerprint density at radius 2 is 1.35 bits per heavy atom. The van der Waals surface area contributed by atoms with Crippen molar-refractivity contribution in [2.75, 3.05) is 33.4 Å². The highest BCUT2D eigenvalue weighted by molar-refractivity contribution is 5.44. The van der Waals surface area contributed by atoms with Gasteiger partial charge in [-0.15, -0.1) is 0 Å². The first-order chi connectivity index (χ1) is 18.3. The molecule has 4 nitrogen and oxygen atoms in total. The largest absolute Gasteiger partial charge is 0.497 e. The lowest BCUT2D eigenvalue weighted by Gasteiger charge is -2.22. The van der Waals surface area contributed by atoms with E-state index < -0.39 is 0 Å². The number of nitrogens with zero attached hydrogens (tertiary/aromatic N) is 2. The van der Waals surface area contributed by atoms with Crippen molar-refractivity contribution in [3.8, 4) is 11.5 Å². The number of hydrogen-bond donors (Lipinski definition) is 0. The number of likely N-dealkylation sites (tertiary alicyclic amines) is 1. The van der Waals surface area contributed by atoms with E-state index in [1.807, 2.05) is 12.1 Å². The van der Waals surface area contributed by atoms with E-state index in [0.29, 0.717) is 0 Å². The molecule has 192 valence electrons. The van der Waals surface area contributed by atoms with Gasteiger partial charge in [0.2, 0.25) is 0 Å². The van der Waals surface area contributed by atoms with Gasteiger partial charge in [-0.25, -0.2) is 0 Å². The maximum absolute atomic E-state index is 6.15. The van der Waals surface area contributed by atoms with Gasteiger partial charge in [0.1, 0.15) is 18.1 Å². The van der Waals surface area contributed by atoms with Crippen molar-refractivity contribution in [2.24, 2.45) is 0 Å². The van der Waals surface area contributed by atoms with Gasteiger partial charge in [0.15, 0.2) is 0 Å².